The predicted octanol–water partition coefficient (Wildman–Crippen LogP) is 3.71. The number of para-hydroxylation sites is 1. The van der Waals surface area contributed by atoms with Gasteiger partial charge in [-0.1, -0.05) is 36.9 Å². The lowest BCUT2D eigenvalue weighted by Gasteiger charge is -2.14. The summed E-state index contributed by atoms with van der Waals surface area (Å²) in [5, 5.41) is 5.40. The number of carbonyl (C=O) groups is 1. The molecule has 0 aliphatic carbocycles. The SMILES string of the molecule is CCc1cccc(C)c1NC(=O)CSc1nc2ccsc2c(=O)n1CCOC. The summed E-state index contributed by atoms with van der Waals surface area (Å²) < 4.78 is 7.33. The summed E-state index contributed by atoms with van der Waals surface area (Å²) in [5.74, 6) is 0.0546. The van der Waals surface area contributed by atoms with Gasteiger partial charge in [0.2, 0.25) is 5.91 Å². The maximum atomic E-state index is 12.7. The number of methoxy groups -OCH3 is 1. The number of rotatable bonds is 8. The Morgan fingerprint density at radius 2 is 2.18 bits per heavy atom. The fraction of sp³-hybridized carbons (Fsp3) is 0.350. The molecule has 2 heterocycles. The molecule has 0 unspecified atom stereocenters. The van der Waals surface area contributed by atoms with Gasteiger partial charge in [0.25, 0.3) is 5.56 Å². The predicted molar refractivity (Wildman–Crippen MR) is 116 cm³/mol. The number of hydrogen-bond donors (Lipinski definition) is 1. The summed E-state index contributed by atoms with van der Waals surface area (Å²) in [6.45, 7) is 4.85. The molecule has 0 saturated carbocycles. The molecule has 28 heavy (non-hydrogen) atoms. The van der Waals surface area contributed by atoms with Gasteiger partial charge in [-0.05, 0) is 35.9 Å². The van der Waals surface area contributed by atoms with E-state index >= 15 is 0 Å². The van der Waals surface area contributed by atoms with Crippen molar-refractivity contribution < 1.29 is 9.53 Å². The fourth-order valence-corrected chi connectivity index (χ4v) is 4.52. The topological polar surface area (TPSA) is 73.2 Å². The molecule has 0 radical (unpaired) electrons. The molecule has 2 aromatic heterocycles. The quantitative estimate of drug-likeness (QED) is 0.447. The third kappa shape index (κ3) is 4.45. The van der Waals surface area contributed by atoms with E-state index < -0.39 is 0 Å². The number of hydrogen-bond acceptors (Lipinski definition) is 6. The molecule has 148 valence electrons. The van der Waals surface area contributed by atoms with Crippen molar-refractivity contribution in [1.82, 2.24) is 9.55 Å². The van der Waals surface area contributed by atoms with Crippen LogP contribution in [0.3, 0.4) is 0 Å². The standard InChI is InChI=1S/C20H23N3O3S2/c1-4-14-7-5-6-13(2)17(14)22-16(24)12-28-20-21-15-8-11-27-18(15)19(25)23(20)9-10-26-3/h5-8,11H,4,9-10,12H2,1-3H3,(H,22,24). The lowest BCUT2D eigenvalue weighted by atomic mass is 10.1. The monoisotopic (exact) mass is 417 g/mol. The van der Waals surface area contributed by atoms with Crippen LogP contribution in [-0.2, 0) is 22.5 Å². The molecule has 0 bridgehead atoms. The first kappa shape index (κ1) is 20.6. The van der Waals surface area contributed by atoms with Gasteiger partial charge >= 0.3 is 0 Å². The van der Waals surface area contributed by atoms with Crippen molar-refractivity contribution in [3.63, 3.8) is 0 Å². The molecule has 6 nitrogen and oxygen atoms in total. The average molecular weight is 418 g/mol. The molecule has 0 fully saturated rings. The van der Waals surface area contributed by atoms with Crippen LogP contribution in [0.25, 0.3) is 10.2 Å². The number of amides is 1. The van der Waals surface area contributed by atoms with E-state index in [2.05, 4.69) is 17.2 Å². The minimum atomic E-state index is -0.119. The number of anilines is 1. The largest absolute Gasteiger partial charge is 0.383 e. The van der Waals surface area contributed by atoms with Crippen LogP contribution in [0.2, 0.25) is 0 Å². The molecule has 0 atom stereocenters. The molecule has 3 aromatic rings. The Morgan fingerprint density at radius 3 is 2.93 bits per heavy atom. The molecule has 0 aliphatic heterocycles. The van der Waals surface area contributed by atoms with Crippen LogP contribution in [0.5, 0.6) is 0 Å². The highest BCUT2D eigenvalue weighted by atomic mass is 32.2. The summed E-state index contributed by atoms with van der Waals surface area (Å²) in [4.78, 5) is 29.9. The van der Waals surface area contributed by atoms with Crippen LogP contribution < -0.4 is 10.9 Å². The zero-order valence-electron chi connectivity index (χ0n) is 16.2. The minimum Gasteiger partial charge on any atom is -0.383 e. The zero-order valence-corrected chi connectivity index (χ0v) is 17.8. The molecule has 8 heteroatoms. The van der Waals surface area contributed by atoms with E-state index in [-0.39, 0.29) is 17.2 Å². The van der Waals surface area contributed by atoms with E-state index in [1.807, 2.05) is 36.6 Å². The van der Waals surface area contributed by atoms with E-state index in [0.717, 1.165) is 23.2 Å². The smallest absolute Gasteiger partial charge is 0.272 e. The molecule has 1 N–H and O–H groups in total. The van der Waals surface area contributed by atoms with Crippen LogP contribution >= 0.6 is 23.1 Å². The highest BCUT2D eigenvalue weighted by Gasteiger charge is 2.15. The first-order valence-corrected chi connectivity index (χ1v) is 10.9. The molecule has 0 saturated heterocycles. The average Bonchev–Trinajstić information content (AvgIpc) is 3.16. The second kappa shape index (κ2) is 9.36. The van der Waals surface area contributed by atoms with Gasteiger partial charge in [-0.2, -0.15) is 0 Å². The lowest BCUT2D eigenvalue weighted by Crippen LogP contribution is -2.25. The maximum Gasteiger partial charge on any atom is 0.272 e. The first-order valence-electron chi connectivity index (χ1n) is 9.03. The number of aromatic nitrogens is 2. The Kier molecular flexibility index (Phi) is 6.88. The first-order chi connectivity index (χ1) is 13.5. The number of thiophene rings is 1. The van der Waals surface area contributed by atoms with Crippen molar-refractivity contribution in [3.05, 3.63) is 51.1 Å². The summed E-state index contributed by atoms with van der Waals surface area (Å²) >= 11 is 2.64. The number of nitrogens with one attached hydrogen (secondary N) is 1. The van der Waals surface area contributed by atoms with Crippen molar-refractivity contribution in [2.45, 2.75) is 32.0 Å². The van der Waals surface area contributed by atoms with Gasteiger partial charge in [-0.25, -0.2) is 4.98 Å². The van der Waals surface area contributed by atoms with Crippen molar-refractivity contribution >= 4 is 44.9 Å². The van der Waals surface area contributed by atoms with Gasteiger partial charge in [0.15, 0.2) is 5.16 Å². The Labute approximate surface area is 171 Å². The number of thioether (sulfide) groups is 1. The molecular formula is C20H23N3O3S2. The molecular weight excluding hydrogens is 394 g/mol. The summed E-state index contributed by atoms with van der Waals surface area (Å²) in [5.41, 5.74) is 3.58. The number of nitrogens with zero attached hydrogens (tertiary/aromatic N) is 2. The fourth-order valence-electron chi connectivity index (χ4n) is 2.92. The minimum absolute atomic E-state index is 0.0906. The Hall–Kier alpha value is -2.16. The zero-order chi connectivity index (χ0) is 20.1. The van der Waals surface area contributed by atoms with Crippen LogP contribution in [-0.4, -0.2) is 34.9 Å². The van der Waals surface area contributed by atoms with E-state index in [1.54, 1.807) is 11.7 Å². The third-order valence-electron chi connectivity index (χ3n) is 4.39. The van der Waals surface area contributed by atoms with Gasteiger partial charge in [-0.3, -0.25) is 14.2 Å². The van der Waals surface area contributed by atoms with Gasteiger partial charge in [0.1, 0.15) is 4.70 Å². The molecule has 0 spiro atoms. The Bertz CT molecular complexity index is 1040. The Morgan fingerprint density at radius 1 is 1.36 bits per heavy atom. The molecule has 1 aromatic carbocycles. The van der Waals surface area contributed by atoms with Crippen LogP contribution in [0.1, 0.15) is 18.1 Å². The number of aryl methyl sites for hydroxylation is 2. The van der Waals surface area contributed by atoms with Crippen LogP contribution in [0, 0.1) is 6.92 Å². The number of ether oxygens (including phenoxy) is 1. The number of carbonyl (C=O) groups excluding carboxylic acids is 1. The van der Waals surface area contributed by atoms with Gasteiger partial charge in [0.05, 0.1) is 24.4 Å². The number of benzene rings is 1. The van der Waals surface area contributed by atoms with E-state index in [9.17, 15) is 9.59 Å². The van der Waals surface area contributed by atoms with E-state index in [4.69, 9.17) is 4.74 Å². The van der Waals surface area contributed by atoms with Gasteiger partial charge in [0, 0.05) is 12.8 Å². The van der Waals surface area contributed by atoms with E-state index in [1.165, 1.54) is 23.1 Å². The van der Waals surface area contributed by atoms with Crippen LogP contribution in [0.4, 0.5) is 5.69 Å². The normalized spacial score (nSPS) is 11.1. The summed E-state index contributed by atoms with van der Waals surface area (Å²) in [6.07, 6.45) is 0.845. The van der Waals surface area contributed by atoms with Gasteiger partial charge < -0.3 is 10.1 Å². The van der Waals surface area contributed by atoms with Crippen molar-refractivity contribution in [2.75, 3.05) is 24.8 Å². The molecule has 3 rings (SSSR count). The van der Waals surface area contributed by atoms with E-state index in [0.29, 0.717) is 28.5 Å². The van der Waals surface area contributed by atoms with Crippen molar-refractivity contribution in [1.29, 1.82) is 0 Å². The summed E-state index contributed by atoms with van der Waals surface area (Å²) in [7, 11) is 1.59. The highest BCUT2D eigenvalue weighted by molar-refractivity contribution is 7.99. The maximum absolute atomic E-state index is 12.7. The molecule has 0 aliphatic rings. The lowest BCUT2D eigenvalue weighted by molar-refractivity contribution is -0.113. The Balaban J connectivity index is 1.79. The van der Waals surface area contributed by atoms with Crippen molar-refractivity contribution in [3.8, 4) is 0 Å². The van der Waals surface area contributed by atoms with Crippen molar-refractivity contribution in [2.24, 2.45) is 0 Å². The van der Waals surface area contributed by atoms with Crippen LogP contribution in [0.15, 0.2) is 39.6 Å². The summed E-state index contributed by atoms with van der Waals surface area (Å²) in [6, 6.07) is 7.82. The second-order valence-electron chi connectivity index (χ2n) is 6.28. The van der Waals surface area contributed by atoms with Gasteiger partial charge in [-0.15, -0.1) is 11.3 Å². The molecule has 1 amide bonds. The highest BCUT2D eigenvalue weighted by Crippen LogP contribution is 2.23. The number of fused-ring (bicyclic) bond motifs is 1. The second-order valence-corrected chi connectivity index (χ2v) is 8.14. The third-order valence-corrected chi connectivity index (χ3v) is 6.25.